The molecule has 0 radical (unpaired) electrons. The number of hydrogen-bond acceptors (Lipinski definition) is 6. The number of sulfone groups is 1. The van der Waals surface area contributed by atoms with Crippen molar-refractivity contribution in [1.29, 1.82) is 0 Å². The molecule has 0 aliphatic rings. The molecular formula is C18H16ClN3O5S. The number of carbonyl (C=O) groups excluding carboxylic acids is 1. The van der Waals surface area contributed by atoms with Crippen LogP contribution >= 0.6 is 11.6 Å². The fraction of sp³-hybridized carbons (Fsp3) is 0.111. The van der Waals surface area contributed by atoms with E-state index in [1.807, 2.05) is 0 Å². The summed E-state index contributed by atoms with van der Waals surface area (Å²) in [5, 5.41) is 15.7. The van der Waals surface area contributed by atoms with Crippen LogP contribution < -0.4 is 10.8 Å². The lowest BCUT2D eigenvalue weighted by Crippen LogP contribution is -2.32. The SMILES string of the molecule is CS(=O)(=O)c1ccc(-c2c(-c3ccc(Cl)cc3)noc2CNC(=O)NO)cc1. The van der Waals surface area contributed by atoms with Gasteiger partial charge in [-0.25, -0.2) is 18.7 Å². The first-order valence-corrected chi connectivity index (χ1v) is 10.3. The first-order valence-electron chi connectivity index (χ1n) is 8.02. The number of hydrogen-bond donors (Lipinski definition) is 3. The third-order valence-electron chi connectivity index (χ3n) is 3.96. The number of benzene rings is 2. The van der Waals surface area contributed by atoms with Crippen LogP contribution in [-0.4, -0.2) is 31.1 Å². The minimum Gasteiger partial charge on any atom is -0.358 e. The fourth-order valence-electron chi connectivity index (χ4n) is 2.62. The molecule has 3 N–H and O–H groups in total. The number of aromatic nitrogens is 1. The molecule has 28 heavy (non-hydrogen) atoms. The summed E-state index contributed by atoms with van der Waals surface area (Å²) < 4.78 is 28.8. The molecule has 0 fully saturated rings. The predicted molar refractivity (Wildman–Crippen MR) is 103 cm³/mol. The first-order chi connectivity index (χ1) is 13.3. The van der Waals surface area contributed by atoms with Crippen molar-refractivity contribution in [1.82, 2.24) is 16.0 Å². The summed E-state index contributed by atoms with van der Waals surface area (Å²) in [4.78, 5) is 11.5. The summed E-state index contributed by atoms with van der Waals surface area (Å²) in [5.74, 6) is 0.334. The molecule has 0 saturated carbocycles. The van der Waals surface area contributed by atoms with Crippen LogP contribution in [0.25, 0.3) is 22.4 Å². The van der Waals surface area contributed by atoms with Gasteiger partial charge < -0.3 is 9.84 Å². The van der Waals surface area contributed by atoms with Gasteiger partial charge in [0.25, 0.3) is 0 Å². The Labute approximate surface area is 166 Å². The zero-order valence-corrected chi connectivity index (χ0v) is 16.2. The largest absolute Gasteiger partial charge is 0.358 e. The number of carbonyl (C=O) groups is 1. The molecule has 1 aromatic heterocycles. The Morgan fingerprint density at radius 1 is 1.11 bits per heavy atom. The Balaban J connectivity index is 2.08. The predicted octanol–water partition coefficient (Wildman–Crippen LogP) is 3.25. The topological polar surface area (TPSA) is 122 Å². The second kappa shape index (κ2) is 8.01. The number of urea groups is 1. The molecule has 3 aromatic rings. The summed E-state index contributed by atoms with van der Waals surface area (Å²) in [5.41, 5.74) is 3.94. The van der Waals surface area contributed by atoms with Crippen LogP contribution in [0.4, 0.5) is 4.79 Å². The number of hydroxylamine groups is 1. The van der Waals surface area contributed by atoms with Crippen molar-refractivity contribution in [2.45, 2.75) is 11.4 Å². The van der Waals surface area contributed by atoms with Crippen molar-refractivity contribution in [3.63, 3.8) is 0 Å². The number of nitrogens with one attached hydrogen (secondary N) is 2. The molecule has 146 valence electrons. The molecule has 0 bridgehead atoms. The van der Waals surface area contributed by atoms with Gasteiger partial charge in [-0.3, -0.25) is 5.21 Å². The van der Waals surface area contributed by atoms with E-state index in [9.17, 15) is 13.2 Å². The van der Waals surface area contributed by atoms with Crippen LogP contribution in [-0.2, 0) is 16.4 Å². The normalized spacial score (nSPS) is 11.2. The van der Waals surface area contributed by atoms with Crippen LogP contribution in [0.5, 0.6) is 0 Å². The quantitative estimate of drug-likeness (QED) is 0.429. The molecule has 0 saturated heterocycles. The second-order valence-electron chi connectivity index (χ2n) is 5.93. The van der Waals surface area contributed by atoms with Gasteiger partial charge in [-0.2, -0.15) is 0 Å². The van der Waals surface area contributed by atoms with Crippen LogP contribution in [0.1, 0.15) is 5.76 Å². The van der Waals surface area contributed by atoms with Crippen LogP contribution in [0, 0.1) is 0 Å². The number of amides is 2. The van der Waals surface area contributed by atoms with E-state index in [4.69, 9.17) is 21.3 Å². The summed E-state index contributed by atoms with van der Waals surface area (Å²) >= 11 is 5.94. The smallest absolute Gasteiger partial charge is 0.338 e. The van der Waals surface area contributed by atoms with Gasteiger partial charge in [0.15, 0.2) is 15.6 Å². The van der Waals surface area contributed by atoms with E-state index in [-0.39, 0.29) is 11.4 Å². The van der Waals surface area contributed by atoms with Gasteiger partial charge >= 0.3 is 6.03 Å². The molecular weight excluding hydrogens is 406 g/mol. The maximum atomic E-state index is 11.7. The van der Waals surface area contributed by atoms with Crippen LogP contribution in [0.3, 0.4) is 0 Å². The number of rotatable bonds is 5. The van der Waals surface area contributed by atoms with E-state index in [0.29, 0.717) is 27.6 Å². The zero-order chi connectivity index (χ0) is 20.3. The standard InChI is InChI=1S/C18H16ClN3O5S/c1-28(25,26)14-8-4-11(5-9-14)16-15(10-20-18(23)21-24)27-22-17(16)12-2-6-13(19)7-3-12/h2-9,24H,10H2,1H3,(H2,20,21,23). The van der Waals surface area contributed by atoms with Crippen molar-refractivity contribution in [3.8, 4) is 22.4 Å². The van der Waals surface area contributed by atoms with Gasteiger partial charge in [-0.1, -0.05) is 41.0 Å². The zero-order valence-electron chi connectivity index (χ0n) is 14.6. The van der Waals surface area contributed by atoms with E-state index in [1.165, 1.54) is 17.6 Å². The molecule has 3 rings (SSSR count). The van der Waals surface area contributed by atoms with E-state index in [2.05, 4.69) is 10.5 Å². The third-order valence-corrected chi connectivity index (χ3v) is 5.34. The highest BCUT2D eigenvalue weighted by molar-refractivity contribution is 7.90. The van der Waals surface area contributed by atoms with E-state index in [1.54, 1.807) is 36.4 Å². The molecule has 2 aromatic carbocycles. The lowest BCUT2D eigenvalue weighted by molar-refractivity contribution is 0.160. The average molecular weight is 422 g/mol. The Kier molecular flexibility index (Phi) is 5.68. The Morgan fingerprint density at radius 2 is 1.71 bits per heavy atom. The lowest BCUT2D eigenvalue weighted by Gasteiger charge is -2.07. The molecule has 0 aliphatic carbocycles. The Bertz CT molecular complexity index is 1090. The monoisotopic (exact) mass is 421 g/mol. The summed E-state index contributed by atoms with van der Waals surface area (Å²) in [7, 11) is -3.34. The van der Waals surface area contributed by atoms with Crippen molar-refractivity contribution in [3.05, 3.63) is 59.3 Å². The van der Waals surface area contributed by atoms with E-state index < -0.39 is 15.9 Å². The van der Waals surface area contributed by atoms with Crippen molar-refractivity contribution in [2.75, 3.05) is 6.26 Å². The van der Waals surface area contributed by atoms with Gasteiger partial charge in [0, 0.05) is 16.8 Å². The van der Waals surface area contributed by atoms with E-state index in [0.717, 1.165) is 11.8 Å². The fourth-order valence-corrected chi connectivity index (χ4v) is 3.37. The summed E-state index contributed by atoms with van der Waals surface area (Å²) in [6.07, 6.45) is 1.13. The molecule has 1 heterocycles. The van der Waals surface area contributed by atoms with Gasteiger partial charge in [0.05, 0.1) is 17.0 Å². The van der Waals surface area contributed by atoms with Gasteiger partial charge in [-0.05, 0) is 29.8 Å². The summed E-state index contributed by atoms with van der Waals surface area (Å²) in [6.45, 7) is -0.0455. The molecule has 10 heteroatoms. The highest BCUT2D eigenvalue weighted by atomic mass is 35.5. The van der Waals surface area contributed by atoms with Crippen molar-refractivity contribution in [2.24, 2.45) is 0 Å². The van der Waals surface area contributed by atoms with Gasteiger partial charge in [0.1, 0.15) is 5.69 Å². The van der Waals surface area contributed by atoms with Crippen molar-refractivity contribution >= 4 is 27.5 Å². The minimum atomic E-state index is -3.34. The van der Waals surface area contributed by atoms with Gasteiger partial charge in [-0.15, -0.1) is 0 Å². The Morgan fingerprint density at radius 3 is 2.29 bits per heavy atom. The number of nitrogens with zero attached hydrogens (tertiary/aromatic N) is 1. The van der Waals surface area contributed by atoms with E-state index >= 15 is 0 Å². The molecule has 2 amide bonds. The van der Waals surface area contributed by atoms with Crippen LogP contribution in [0.2, 0.25) is 5.02 Å². The highest BCUT2D eigenvalue weighted by Crippen LogP contribution is 2.35. The molecule has 0 unspecified atom stereocenters. The second-order valence-corrected chi connectivity index (χ2v) is 8.38. The lowest BCUT2D eigenvalue weighted by atomic mass is 9.99. The number of halogens is 1. The average Bonchev–Trinajstić information content (AvgIpc) is 3.10. The minimum absolute atomic E-state index is 0.0455. The van der Waals surface area contributed by atoms with Gasteiger partial charge in [0.2, 0.25) is 0 Å². The first kappa shape index (κ1) is 19.9. The molecule has 0 atom stereocenters. The van der Waals surface area contributed by atoms with Crippen molar-refractivity contribution < 1.29 is 22.9 Å². The molecule has 0 spiro atoms. The maximum Gasteiger partial charge on any atom is 0.338 e. The summed E-state index contributed by atoms with van der Waals surface area (Å²) in [6, 6.07) is 12.4. The third kappa shape index (κ3) is 4.33. The molecule has 0 aliphatic heterocycles. The maximum absolute atomic E-state index is 11.7. The molecule has 8 nitrogen and oxygen atoms in total. The van der Waals surface area contributed by atoms with Crippen LogP contribution in [0.15, 0.2) is 57.9 Å². The Hall–Kier alpha value is -2.88. The highest BCUT2D eigenvalue weighted by Gasteiger charge is 2.20.